The molecular weight excluding hydrogens is 242 g/mol. The fourth-order valence-corrected chi connectivity index (χ4v) is 2.60. The fraction of sp³-hybridized carbons (Fsp3) is 0.133. The molecule has 0 bridgehead atoms. The zero-order valence-corrected chi connectivity index (χ0v) is 10.9. The Kier molecular flexibility index (Phi) is 2.84. The van der Waals surface area contributed by atoms with Gasteiger partial charge >= 0.3 is 0 Å². The van der Waals surface area contributed by atoms with E-state index in [2.05, 4.69) is 30.5 Å². The van der Waals surface area contributed by atoms with Crippen LogP contribution in [0, 0.1) is 0 Å². The maximum atomic E-state index is 12.1. The summed E-state index contributed by atoms with van der Waals surface area (Å²) < 4.78 is 1.99. The second-order valence-electron chi connectivity index (χ2n) is 4.29. The molecule has 18 heavy (non-hydrogen) atoms. The lowest BCUT2D eigenvalue weighted by Crippen LogP contribution is -1.94. The van der Waals surface area contributed by atoms with Crippen LogP contribution in [0.25, 0.3) is 6.08 Å². The van der Waals surface area contributed by atoms with E-state index in [4.69, 9.17) is 0 Å². The lowest BCUT2D eigenvalue weighted by molar-refractivity contribution is 0.103. The van der Waals surface area contributed by atoms with Crippen LogP contribution >= 0.6 is 11.8 Å². The van der Waals surface area contributed by atoms with Crippen LogP contribution < -0.4 is 0 Å². The van der Waals surface area contributed by atoms with Crippen molar-refractivity contribution in [3.05, 3.63) is 59.4 Å². The number of thioether (sulfide) groups is 1. The van der Waals surface area contributed by atoms with Gasteiger partial charge in [-0.25, -0.2) is 0 Å². The van der Waals surface area contributed by atoms with E-state index in [0.717, 1.165) is 16.8 Å². The van der Waals surface area contributed by atoms with Crippen molar-refractivity contribution in [3.63, 3.8) is 0 Å². The van der Waals surface area contributed by atoms with Crippen molar-refractivity contribution in [3.8, 4) is 0 Å². The minimum Gasteiger partial charge on any atom is -0.340 e. The third-order valence-electron chi connectivity index (χ3n) is 3.15. The van der Waals surface area contributed by atoms with Crippen molar-refractivity contribution in [2.45, 2.75) is 11.4 Å². The molecule has 0 atom stereocenters. The molecule has 1 aliphatic heterocycles. The van der Waals surface area contributed by atoms with E-state index < -0.39 is 0 Å². The molecule has 3 rings (SSSR count). The van der Waals surface area contributed by atoms with E-state index in [1.807, 2.05) is 29.0 Å². The van der Waals surface area contributed by atoms with E-state index in [-0.39, 0.29) is 5.78 Å². The van der Waals surface area contributed by atoms with Crippen LogP contribution in [0.4, 0.5) is 0 Å². The third kappa shape index (κ3) is 1.91. The lowest BCUT2D eigenvalue weighted by Gasteiger charge is -1.99. The predicted octanol–water partition coefficient (Wildman–Crippen LogP) is 3.49. The lowest BCUT2D eigenvalue weighted by atomic mass is 10.1. The Morgan fingerprint density at radius 2 is 2.00 bits per heavy atom. The van der Waals surface area contributed by atoms with Gasteiger partial charge in [0, 0.05) is 16.7 Å². The topological polar surface area (TPSA) is 22.0 Å². The van der Waals surface area contributed by atoms with Crippen LogP contribution in [-0.2, 0) is 6.54 Å². The van der Waals surface area contributed by atoms with Gasteiger partial charge < -0.3 is 4.57 Å². The highest BCUT2D eigenvalue weighted by molar-refractivity contribution is 7.98. The van der Waals surface area contributed by atoms with Crippen molar-refractivity contribution in [2.24, 2.45) is 0 Å². The average Bonchev–Trinajstić information content (AvgIpc) is 2.95. The SMILES string of the molecule is CSc1ccc(/C=C2/Cn3cccc3C2=O)cc1. The van der Waals surface area contributed by atoms with Crippen LogP contribution in [-0.4, -0.2) is 16.6 Å². The van der Waals surface area contributed by atoms with E-state index >= 15 is 0 Å². The second-order valence-corrected chi connectivity index (χ2v) is 5.17. The normalized spacial score (nSPS) is 16.3. The summed E-state index contributed by atoms with van der Waals surface area (Å²) in [5.41, 5.74) is 2.74. The number of Topliss-reactive ketones (excluding diaryl/α,β-unsaturated/α-hetero) is 1. The monoisotopic (exact) mass is 255 g/mol. The maximum Gasteiger partial charge on any atom is 0.207 e. The van der Waals surface area contributed by atoms with Crippen LogP contribution in [0.15, 0.2) is 53.1 Å². The highest BCUT2D eigenvalue weighted by Crippen LogP contribution is 2.23. The molecular formula is C15H13NOS. The highest BCUT2D eigenvalue weighted by Gasteiger charge is 2.23. The molecule has 0 radical (unpaired) electrons. The average molecular weight is 255 g/mol. The molecule has 0 N–H and O–H groups in total. The Labute approximate surface area is 110 Å². The number of fused-ring (bicyclic) bond motifs is 1. The Hall–Kier alpha value is -1.74. The molecule has 0 spiro atoms. The smallest absolute Gasteiger partial charge is 0.207 e. The summed E-state index contributed by atoms with van der Waals surface area (Å²) in [5, 5.41) is 0. The molecule has 0 amide bonds. The van der Waals surface area contributed by atoms with Gasteiger partial charge in [0.05, 0.1) is 12.2 Å². The quantitative estimate of drug-likeness (QED) is 0.605. The fourth-order valence-electron chi connectivity index (χ4n) is 2.19. The molecule has 2 heterocycles. The zero-order valence-electron chi connectivity index (χ0n) is 10.1. The van der Waals surface area contributed by atoms with Gasteiger partial charge in [0.2, 0.25) is 5.78 Å². The summed E-state index contributed by atoms with van der Waals surface area (Å²) in [5.74, 6) is 0.147. The van der Waals surface area contributed by atoms with Crippen LogP contribution in [0.1, 0.15) is 16.1 Å². The van der Waals surface area contributed by atoms with Crippen LogP contribution in [0.2, 0.25) is 0 Å². The molecule has 0 aliphatic carbocycles. The molecule has 90 valence electrons. The van der Waals surface area contributed by atoms with E-state index in [0.29, 0.717) is 6.54 Å². The molecule has 3 heteroatoms. The number of benzene rings is 1. The van der Waals surface area contributed by atoms with Gasteiger partial charge in [-0.3, -0.25) is 4.79 Å². The van der Waals surface area contributed by atoms with Gasteiger partial charge in [-0.05, 0) is 42.2 Å². The number of hydrogen-bond acceptors (Lipinski definition) is 2. The van der Waals surface area contributed by atoms with Crippen molar-refractivity contribution in [1.29, 1.82) is 0 Å². The van der Waals surface area contributed by atoms with E-state index in [9.17, 15) is 4.79 Å². The van der Waals surface area contributed by atoms with Crippen LogP contribution in [0.5, 0.6) is 0 Å². The van der Waals surface area contributed by atoms with E-state index in [1.165, 1.54) is 4.90 Å². The van der Waals surface area contributed by atoms with Gasteiger partial charge in [-0.15, -0.1) is 11.8 Å². The summed E-state index contributed by atoms with van der Waals surface area (Å²) in [6.07, 6.45) is 5.99. The molecule has 2 aromatic rings. The highest BCUT2D eigenvalue weighted by atomic mass is 32.2. The number of carbonyl (C=O) groups excluding carboxylic acids is 1. The molecule has 0 saturated heterocycles. The van der Waals surface area contributed by atoms with Crippen LogP contribution in [0.3, 0.4) is 0 Å². The molecule has 1 aromatic carbocycles. The minimum absolute atomic E-state index is 0.147. The molecule has 1 aromatic heterocycles. The summed E-state index contributed by atoms with van der Waals surface area (Å²) in [6.45, 7) is 0.686. The number of allylic oxidation sites excluding steroid dienone is 1. The Morgan fingerprint density at radius 3 is 2.67 bits per heavy atom. The van der Waals surface area contributed by atoms with Crippen molar-refractivity contribution < 1.29 is 4.79 Å². The first-order valence-corrected chi connectivity index (χ1v) is 7.05. The van der Waals surface area contributed by atoms with Gasteiger partial charge in [0.15, 0.2) is 0 Å². The first-order chi connectivity index (χ1) is 8.78. The number of nitrogens with zero attached hydrogens (tertiary/aromatic N) is 1. The molecule has 0 unspecified atom stereocenters. The van der Waals surface area contributed by atoms with Crippen molar-refractivity contribution in [2.75, 3.05) is 6.26 Å². The standard InChI is InChI=1S/C15H13NOS/c1-18-13-6-4-11(5-7-13)9-12-10-16-8-2-3-14(16)15(12)17/h2-9H,10H2,1H3/b12-9-. The van der Waals surface area contributed by atoms with Crippen molar-refractivity contribution in [1.82, 2.24) is 4.57 Å². The van der Waals surface area contributed by atoms with Gasteiger partial charge in [0.25, 0.3) is 0 Å². The number of hydrogen-bond donors (Lipinski definition) is 0. The zero-order chi connectivity index (χ0) is 12.5. The summed E-state index contributed by atoms with van der Waals surface area (Å²) in [4.78, 5) is 13.3. The van der Waals surface area contributed by atoms with Crippen molar-refractivity contribution >= 4 is 23.6 Å². The summed E-state index contributed by atoms with van der Waals surface area (Å²) >= 11 is 1.72. The minimum atomic E-state index is 0.147. The summed E-state index contributed by atoms with van der Waals surface area (Å²) in [6, 6.07) is 12.1. The predicted molar refractivity (Wildman–Crippen MR) is 75.0 cm³/mol. The number of ketones is 1. The maximum absolute atomic E-state index is 12.1. The molecule has 2 nitrogen and oxygen atoms in total. The molecule has 0 saturated carbocycles. The largest absolute Gasteiger partial charge is 0.340 e. The first kappa shape index (κ1) is 11.4. The first-order valence-electron chi connectivity index (χ1n) is 5.82. The van der Waals surface area contributed by atoms with Gasteiger partial charge in [-0.2, -0.15) is 0 Å². The van der Waals surface area contributed by atoms with E-state index in [1.54, 1.807) is 11.8 Å². The second kappa shape index (κ2) is 4.50. The Bertz CT molecular complexity index is 622. The number of carbonyl (C=O) groups is 1. The third-order valence-corrected chi connectivity index (χ3v) is 3.89. The summed E-state index contributed by atoms with van der Waals surface area (Å²) in [7, 11) is 0. The van der Waals surface area contributed by atoms with Gasteiger partial charge in [-0.1, -0.05) is 12.1 Å². The Morgan fingerprint density at radius 1 is 1.22 bits per heavy atom. The molecule has 1 aliphatic rings. The number of aromatic nitrogens is 1. The number of rotatable bonds is 2. The van der Waals surface area contributed by atoms with Gasteiger partial charge in [0.1, 0.15) is 0 Å². The molecule has 0 fully saturated rings. The Balaban J connectivity index is 1.89.